The molecule has 3 heterocycles. The minimum atomic E-state index is -1.16. The highest BCUT2D eigenvalue weighted by molar-refractivity contribution is 5.96. The van der Waals surface area contributed by atoms with Crippen molar-refractivity contribution in [1.29, 1.82) is 0 Å². The number of piperazine rings is 1. The molecule has 2 aromatic rings. The minimum absolute atomic E-state index is 0.105. The average molecular weight is 601 g/mol. The van der Waals surface area contributed by atoms with Crippen molar-refractivity contribution in [2.45, 2.75) is 38.3 Å². The molecule has 4 rings (SSSR count). The fraction of sp³-hybridized carbons (Fsp3) is 0.500. The number of nitrogens with one attached hydrogen (secondary N) is 1. The fourth-order valence-electron chi connectivity index (χ4n) is 4.83. The third-order valence-electron chi connectivity index (χ3n) is 7.14. The van der Waals surface area contributed by atoms with Gasteiger partial charge in [0.25, 0.3) is 11.8 Å². The molecule has 2 saturated heterocycles. The van der Waals surface area contributed by atoms with E-state index in [0.29, 0.717) is 18.7 Å². The van der Waals surface area contributed by atoms with Crippen molar-refractivity contribution >= 4 is 29.8 Å². The third-order valence-corrected chi connectivity index (χ3v) is 7.14. The first-order chi connectivity index (χ1) is 20.7. The van der Waals surface area contributed by atoms with E-state index in [1.165, 1.54) is 25.4 Å². The normalized spacial score (nSPS) is 17.3. The molecule has 1 aromatic carbocycles. The van der Waals surface area contributed by atoms with E-state index in [2.05, 4.69) is 10.4 Å². The molecule has 0 radical (unpaired) electrons. The fourth-order valence-corrected chi connectivity index (χ4v) is 4.83. The third kappa shape index (κ3) is 8.22. The van der Waals surface area contributed by atoms with E-state index in [1.54, 1.807) is 37.3 Å². The number of nitrogens with zero attached hydrogens (tertiary/aromatic N) is 5. The summed E-state index contributed by atoms with van der Waals surface area (Å²) in [6, 6.07) is 8.97. The number of carboxylic acids is 1. The first kappa shape index (κ1) is 31.3. The molecule has 2 unspecified atom stereocenters. The highest BCUT2D eigenvalue weighted by Gasteiger charge is 2.32. The molecule has 15 nitrogen and oxygen atoms in total. The number of rotatable bonds is 11. The Morgan fingerprint density at radius 1 is 1.02 bits per heavy atom. The zero-order valence-electron chi connectivity index (χ0n) is 23.9. The number of aliphatic carboxylic acids is 1. The second kappa shape index (κ2) is 14.5. The van der Waals surface area contributed by atoms with Crippen LogP contribution in [0.15, 0.2) is 36.4 Å². The second-order valence-corrected chi connectivity index (χ2v) is 10.2. The molecule has 0 bridgehead atoms. The number of hydrogen-bond donors (Lipinski definition) is 3. The number of likely N-dealkylation sites (tertiary alicyclic amines) is 1. The Kier molecular flexibility index (Phi) is 10.5. The Balaban J connectivity index is 1.48. The van der Waals surface area contributed by atoms with Crippen LogP contribution in [0.3, 0.4) is 0 Å². The summed E-state index contributed by atoms with van der Waals surface area (Å²) < 4.78 is 12.1. The predicted molar refractivity (Wildman–Crippen MR) is 150 cm³/mol. The quantitative estimate of drug-likeness (QED) is 0.320. The van der Waals surface area contributed by atoms with E-state index in [0.717, 1.165) is 0 Å². The van der Waals surface area contributed by atoms with Gasteiger partial charge in [0.05, 0.1) is 18.4 Å². The molecule has 4 amide bonds. The van der Waals surface area contributed by atoms with Gasteiger partial charge in [-0.1, -0.05) is 18.2 Å². The van der Waals surface area contributed by atoms with Crippen LogP contribution in [0.2, 0.25) is 0 Å². The summed E-state index contributed by atoms with van der Waals surface area (Å²) in [6.07, 6.45) is -1.08. The molecule has 2 atom stereocenters. The number of para-hydroxylation sites is 1. The molecule has 0 aliphatic carbocycles. The van der Waals surface area contributed by atoms with Gasteiger partial charge in [0.15, 0.2) is 12.3 Å². The molecule has 232 valence electrons. The van der Waals surface area contributed by atoms with Crippen molar-refractivity contribution in [1.82, 2.24) is 29.8 Å². The average Bonchev–Trinajstić information content (AvgIpc) is 3.65. The van der Waals surface area contributed by atoms with Crippen LogP contribution < -0.4 is 10.1 Å². The summed E-state index contributed by atoms with van der Waals surface area (Å²) in [5.74, 6) is -2.56. The van der Waals surface area contributed by atoms with E-state index in [9.17, 15) is 34.2 Å². The topological polar surface area (TPSA) is 184 Å². The van der Waals surface area contributed by atoms with Crippen LogP contribution in [0.5, 0.6) is 5.88 Å². The highest BCUT2D eigenvalue weighted by atomic mass is 16.6. The molecule has 2 aliphatic rings. The van der Waals surface area contributed by atoms with E-state index in [1.807, 2.05) is 0 Å². The minimum Gasteiger partial charge on any atom is -0.481 e. The molecule has 15 heteroatoms. The summed E-state index contributed by atoms with van der Waals surface area (Å²) in [7, 11) is 0. The molecular formula is C28H36N6O9. The summed E-state index contributed by atoms with van der Waals surface area (Å²) in [6.45, 7) is 3.08. The molecule has 0 spiro atoms. The van der Waals surface area contributed by atoms with Gasteiger partial charge in [0, 0.05) is 51.8 Å². The van der Waals surface area contributed by atoms with Crippen LogP contribution >= 0.6 is 0 Å². The Morgan fingerprint density at radius 2 is 1.72 bits per heavy atom. The Labute approximate surface area is 247 Å². The van der Waals surface area contributed by atoms with E-state index < -0.39 is 36.0 Å². The van der Waals surface area contributed by atoms with Gasteiger partial charge in [-0.05, 0) is 31.9 Å². The van der Waals surface area contributed by atoms with Crippen LogP contribution in [-0.2, 0) is 19.1 Å². The van der Waals surface area contributed by atoms with Crippen LogP contribution in [0, 0.1) is 0 Å². The molecule has 43 heavy (non-hydrogen) atoms. The van der Waals surface area contributed by atoms with Crippen molar-refractivity contribution in [2.75, 3.05) is 52.5 Å². The van der Waals surface area contributed by atoms with Crippen molar-refractivity contribution in [3.63, 3.8) is 0 Å². The molecule has 0 saturated carbocycles. The van der Waals surface area contributed by atoms with Gasteiger partial charge in [-0.3, -0.25) is 19.2 Å². The van der Waals surface area contributed by atoms with Crippen LogP contribution in [0.25, 0.3) is 5.69 Å². The maximum Gasteiger partial charge on any atom is 0.409 e. The summed E-state index contributed by atoms with van der Waals surface area (Å²) in [5, 5.41) is 25.9. The van der Waals surface area contributed by atoms with Crippen LogP contribution in [0.4, 0.5) is 4.79 Å². The predicted octanol–water partition coefficient (Wildman–Crippen LogP) is 0.108. The summed E-state index contributed by atoms with van der Waals surface area (Å²) in [5.41, 5.74) is 0.446. The smallest absolute Gasteiger partial charge is 0.409 e. The zero-order chi connectivity index (χ0) is 30.9. The van der Waals surface area contributed by atoms with Gasteiger partial charge in [0.2, 0.25) is 11.8 Å². The SMILES string of the molecule is CCOC(=O)N1CCN(C(=O)C(CCC(=O)O)NC(=O)c2cc(OCC(=O)N3CCC(O)C3)n(-c3ccccc3)n2)CC1. The first-order valence-electron chi connectivity index (χ1n) is 14.1. The lowest BCUT2D eigenvalue weighted by Crippen LogP contribution is -2.56. The van der Waals surface area contributed by atoms with Crippen LogP contribution in [-0.4, -0.2) is 129 Å². The lowest BCUT2D eigenvalue weighted by atomic mass is 10.1. The molecular weight excluding hydrogens is 564 g/mol. The first-order valence-corrected chi connectivity index (χ1v) is 14.1. The van der Waals surface area contributed by atoms with Gasteiger partial charge in [-0.15, -0.1) is 0 Å². The van der Waals surface area contributed by atoms with Gasteiger partial charge in [-0.25, -0.2) is 9.48 Å². The van der Waals surface area contributed by atoms with Gasteiger partial charge >= 0.3 is 12.1 Å². The Morgan fingerprint density at radius 3 is 2.35 bits per heavy atom. The standard InChI is InChI=1S/C28H36N6O9/c1-2-42-28(41)32-14-12-31(13-15-32)27(40)21(8-9-25(37)38)29-26(39)22-16-24(34(30-22)19-6-4-3-5-7-19)43-18-23(36)33-11-10-20(35)17-33/h3-7,16,20-21,35H,2,8-15,17-18H2,1H3,(H,29,39)(H,37,38). The number of aliphatic hydroxyl groups excluding tert-OH is 1. The monoisotopic (exact) mass is 600 g/mol. The number of aromatic nitrogens is 2. The van der Waals surface area contributed by atoms with E-state index in [4.69, 9.17) is 9.47 Å². The largest absolute Gasteiger partial charge is 0.481 e. The lowest BCUT2D eigenvalue weighted by molar-refractivity contribution is -0.138. The van der Waals surface area contributed by atoms with Gasteiger partial charge in [0.1, 0.15) is 6.04 Å². The maximum atomic E-state index is 13.4. The highest BCUT2D eigenvalue weighted by Crippen LogP contribution is 2.21. The number of benzene rings is 1. The number of hydrogen-bond acceptors (Lipinski definition) is 9. The maximum absolute atomic E-state index is 13.4. The number of amides is 4. The molecule has 2 fully saturated rings. The second-order valence-electron chi connectivity index (χ2n) is 10.2. The van der Waals surface area contributed by atoms with Gasteiger partial charge < -0.3 is 39.7 Å². The van der Waals surface area contributed by atoms with Crippen molar-refractivity contribution in [2.24, 2.45) is 0 Å². The Bertz CT molecular complexity index is 1310. The van der Waals surface area contributed by atoms with Crippen LogP contribution in [0.1, 0.15) is 36.7 Å². The van der Waals surface area contributed by atoms with Gasteiger partial charge in [-0.2, -0.15) is 5.10 Å². The van der Waals surface area contributed by atoms with Crippen molar-refractivity contribution in [3.8, 4) is 11.6 Å². The molecule has 1 aromatic heterocycles. The lowest BCUT2D eigenvalue weighted by Gasteiger charge is -2.35. The van der Waals surface area contributed by atoms with E-state index >= 15 is 0 Å². The molecule has 2 aliphatic heterocycles. The Hall–Kier alpha value is -4.66. The number of carbonyl (C=O) groups is 5. The number of carbonyl (C=O) groups excluding carboxylic acids is 4. The van der Waals surface area contributed by atoms with Crippen molar-refractivity contribution < 1.29 is 43.7 Å². The van der Waals surface area contributed by atoms with E-state index in [-0.39, 0.29) is 76.3 Å². The number of aliphatic hydroxyl groups is 1. The van der Waals surface area contributed by atoms with Crippen molar-refractivity contribution in [3.05, 3.63) is 42.1 Å². The number of β-amino-alcohol motifs (C(OH)–C–C–N with tert-alkyl or cyclic N) is 1. The number of ether oxygens (including phenoxy) is 2. The summed E-state index contributed by atoms with van der Waals surface area (Å²) in [4.78, 5) is 67.1. The number of carboxylic acid groups (broad SMARTS) is 1. The molecule has 3 N–H and O–H groups in total. The summed E-state index contributed by atoms with van der Waals surface area (Å²) >= 11 is 0. The zero-order valence-corrected chi connectivity index (χ0v) is 23.9.